The van der Waals surface area contributed by atoms with Crippen LogP contribution in [0.15, 0.2) is 0 Å². The summed E-state index contributed by atoms with van der Waals surface area (Å²) in [6, 6.07) is 0. The maximum Gasteiger partial charge on any atom is 0.324 e. The van der Waals surface area contributed by atoms with Crippen LogP contribution in [0, 0.1) is 5.92 Å². The van der Waals surface area contributed by atoms with Gasteiger partial charge in [0.1, 0.15) is 0 Å². The largest absolute Gasteiger partial charge is 0.373 e. The van der Waals surface area contributed by atoms with Crippen molar-refractivity contribution in [1.29, 1.82) is 0 Å². The van der Waals surface area contributed by atoms with E-state index < -0.39 is 0 Å². The van der Waals surface area contributed by atoms with Gasteiger partial charge in [0.15, 0.2) is 0 Å². The van der Waals surface area contributed by atoms with Crippen LogP contribution in [0.25, 0.3) is 0 Å². The highest BCUT2D eigenvalue weighted by molar-refractivity contribution is 5.68. The molecule has 0 unspecified atom stereocenters. The first-order valence-electron chi connectivity index (χ1n) is 5.72. The minimum Gasteiger partial charge on any atom is -0.373 e. The van der Waals surface area contributed by atoms with Crippen LogP contribution in [0.1, 0.15) is 57.8 Å². The van der Waals surface area contributed by atoms with E-state index in [4.69, 9.17) is 5.90 Å². The minimum atomic E-state index is -0.284. The summed E-state index contributed by atoms with van der Waals surface area (Å²) in [6.45, 7) is 0. The third-order valence-corrected chi connectivity index (χ3v) is 3.10. The van der Waals surface area contributed by atoms with E-state index in [1.807, 2.05) is 0 Å². The topological polar surface area (TPSA) is 52.3 Å². The van der Waals surface area contributed by atoms with Crippen molar-refractivity contribution >= 4 is 5.97 Å². The lowest BCUT2D eigenvalue weighted by Crippen LogP contribution is -2.10. The Morgan fingerprint density at radius 1 is 1.21 bits per heavy atom. The summed E-state index contributed by atoms with van der Waals surface area (Å²) < 4.78 is 0. The summed E-state index contributed by atoms with van der Waals surface area (Å²) in [6.07, 6.45) is 10.8. The number of carbonyl (C=O) groups excluding carboxylic acids is 1. The zero-order chi connectivity index (χ0) is 10.2. The molecule has 1 saturated carbocycles. The van der Waals surface area contributed by atoms with E-state index in [2.05, 4.69) is 4.84 Å². The Labute approximate surface area is 86.0 Å². The second-order valence-corrected chi connectivity index (χ2v) is 4.24. The van der Waals surface area contributed by atoms with E-state index in [0.717, 1.165) is 18.8 Å². The Morgan fingerprint density at radius 3 is 2.57 bits per heavy atom. The van der Waals surface area contributed by atoms with Crippen LogP contribution in [0.2, 0.25) is 0 Å². The molecular weight excluding hydrogens is 178 g/mol. The maximum absolute atomic E-state index is 10.7. The molecule has 1 rings (SSSR count). The average molecular weight is 199 g/mol. The molecule has 0 aliphatic heterocycles. The summed E-state index contributed by atoms with van der Waals surface area (Å²) >= 11 is 0. The standard InChI is InChI=1S/C11H21NO2/c12-14-11(13)9-5-4-8-10-6-2-1-3-7-10/h10H,1-9,12H2. The number of carbonyl (C=O) groups is 1. The smallest absolute Gasteiger partial charge is 0.324 e. The molecule has 0 aromatic carbocycles. The van der Waals surface area contributed by atoms with Gasteiger partial charge in [-0.3, -0.25) is 4.79 Å². The zero-order valence-electron chi connectivity index (χ0n) is 8.84. The molecule has 0 atom stereocenters. The lowest BCUT2D eigenvalue weighted by atomic mass is 9.86. The number of hydrogen-bond acceptors (Lipinski definition) is 3. The molecule has 1 fully saturated rings. The SMILES string of the molecule is NOC(=O)CCCCC1CCCCC1. The van der Waals surface area contributed by atoms with Gasteiger partial charge >= 0.3 is 5.97 Å². The van der Waals surface area contributed by atoms with Gasteiger partial charge in [0.25, 0.3) is 0 Å². The van der Waals surface area contributed by atoms with Crippen LogP contribution in [0.4, 0.5) is 0 Å². The normalized spacial score (nSPS) is 18.1. The number of unbranched alkanes of at least 4 members (excludes halogenated alkanes) is 1. The molecule has 0 bridgehead atoms. The highest BCUT2D eigenvalue weighted by Gasteiger charge is 2.12. The van der Waals surface area contributed by atoms with Crippen LogP contribution in [0.5, 0.6) is 0 Å². The van der Waals surface area contributed by atoms with Gasteiger partial charge in [0.2, 0.25) is 0 Å². The first kappa shape index (κ1) is 11.5. The number of hydrogen-bond donors (Lipinski definition) is 1. The Morgan fingerprint density at radius 2 is 1.93 bits per heavy atom. The summed E-state index contributed by atoms with van der Waals surface area (Å²) in [5, 5.41) is 0. The summed E-state index contributed by atoms with van der Waals surface area (Å²) in [5.41, 5.74) is 0. The van der Waals surface area contributed by atoms with Crippen molar-refractivity contribution in [2.24, 2.45) is 11.8 Å². The molecule has 2 N–H and O–H groups in total. The summed E-state index contributed by atoms with van der Waals surface area (Å²) in [4.78, 5) is 14.8. The number of nitrogens with two attached hydrogens (primary N) is 1. The summed E-state index contributed by atoms with van der Waals surface area (Å²) in [5.74, 6) is 5.38. The van der Waals surface area contributed by atoms with Crippen LogP contribution >= 0.6 is 0 Å². The molecule has 0 saturated heterocycles. The van der Waals surface area contributed by atoms with Gasteiger partial charge in [-0.1, -0.05) is 44.9 Å². The van der Waals surface area contributed by atoms with Gasteiger partial charge < -0.3 is 4.84 Å². The van der Waals surface area contributed by atoms with Crippen molar-refractivity contribution in [3.63, 3.8) is 0 Å². The van der Waals surface area contributed by atoms with Crippen molar-refractivity contribution in [3.05, 3.63) is 0 Å². The van der Waals surface area contributed by atoms with E-state index >= 15 is 0 Å². The van der Waals surface area contributed by atoms with E-state index in [-0.39, 0.29) is 5.97 Å². The first-order valence-corrected chi connectivity index (χ1v) is 5.72. The quantitative estimate of drug-likeness (QED) is 0.547. The molecular formula is C11H21NO2. The number of rotatable bonds is 5. The highest BCUT2D eigenvalue weighted by atomic mass is 16.7. The van der Waals surface area contributed by atoms with Crippen LogP contribution < -0.4 is 5.90 Å². The predicted octanol–water partition coefficient (Wildman–Crippen LogP) is 2.54. The predicted molar refractivity (Wildman–Crippen MR) is 55.3 cm³/mol. The molecule has 0 aromatic heterocycles. The van der Waals surface area contributed by atoms with Crippen molar-refractivity contribution in [2.45, 2.75) is 57.8 Å². The zero-order valence-corrected chi connectivity index (χ0v) is 8.84. The monoisotopic (exact) mass is 199 g/mol. The summed E-state index contributed by atoms with van der Waals surface area (Å²) in [7, 11) is 0. The first-order chi connectivity index (χ1) is 6.83. The van der Waals surface area contributed by atoms with E-state index in [9.17, 15) is 4.79 Å². The fourth-order valence-corrected chi connectivity index (χ4v) is 2.24. The van der Waals surface area contributed by atoms with E-state index in [1.54, 1.807) is 0 Å². The van der Waals surface area contributed by atoms with Gasteiger partial charge in [-0.25, -0.2) is 0 Å². The Bertz CT molecular complexity index is 165. The Kier molecular flexibility index (Phi) is 5.60. The third kappa shape index (κ3) is 4.61. The molecule has 14 heavy (non-hydrogen) atoms. The van der Waals surface area contributed by atoms with Crippen LogP contribution in [-0.4, -0.2) is 5.97 Å². The highest BCUT2D eigenvalue weighted by Crippen LogP contribution is 2.27. The fourth-order valence-electron chi connectivity index (χ4n) is 2.24. The van der Waals surface area contributed by atoms with Crippen molar-refractivity contribution in [1.82, 2.24) is 0 Å². The molecule has 0 aromatic rings. The van der Waals surface area contributed by atoms with Gasteiger partial charge in [-0.2, -0.15) is 5.90 Å². The van der Waals surface area contributed by atoms with E-state index in [1.165, 1.54) is 38.5 Å². The molecule has 1 aliphatic rings. The molecule has 3 heteroatoms. The molecule has 0 amide bonds. The van der Waals surface area contributed by atoms with E-state index in [0.29, 0.717) is 6.42 Å². The van der Waals surface area contributed by atoms with Gasteiger partial charge in [-0.15, -0.1) is 0 Å². The third-order valence-electron chi connectivity index (χ3n) is 3.10. The van der Waals surface area contributed by atoms with Crippen LogP contribution in [0.3, 0.4) is 0 Å². The molecule has 0 spiro atoms. The second kappa shape index (κ2) is 6.82. The molecule has 0 radical (unpaired) electrons. The molecule has 0 heterocycles. The molecule has 82 valence electrons. The Balaban J connectivity index is 1.94. The molecule has 3 nitrogen and oxygen atoms in total. The Hall–Kier alpha value is -0.570. The van der Waals surface area contributed by atoms with Gasteiger partial charge in [0, 0.05) is 6.42 Å². The van der Waals surface area contributed by atoms with Crippen LogP contribution in [-0.2, 0) is 9.63 Å². The lowest BCUT2D eigenvalue weighted by Gasteiger charge is -2.20. The average Bonchev–Trinajstić information content (AvgIpc) is 2.25. The minimum absolute atomic E-state index is 0.284. The lowest BCUT2D eigenvalue weighted by molar-refractivity contribution is -0.144. The van der Waals surface area contributed by atoms with Gasteiger partial charge in [0.05, 0.1) is 0 Å². The van der Waals surface area contributed by atoms with Crippen molar-refractivity contribution < 1.29 is 9.63 Å². The fraction of sp³-hybridized carbons (Fsp3) is 0.909. The van der Waals surface area contributed by atoms with Crippen molar-refractivity contribution in [2.75, 3.05) is 0 Å². The second-order valence-electron chi connectivity index (χ2n) is 4.24. The molecule has 1 aliphatic carbocycles. The van der Waals surface area contributed by atoms with Gasteiger partial charge in [-0.05, 0) is 12.3 Å². The maximum atomic E-state index is 10.7. The van der Waals surface area contributed by atoms with Crippen molar-refractivity contribution in [3.8, 4) is 0 Å².